The van der Waals surface area contributed by atoms with Crippen molar-refractivity contribution in [2.45, 2.75) is 30.6 Å². The van der Waals surface area contributed by atoms with Gasteiger partial charge in [0.25, 0.3) is 0 Å². The van der Waals surface area contributed by atoms with Crippen LogP contribution in [0.2, 0.25) is 0 Å². The first-order valence-electron chi connectivity index (χ1n) is 9.81. The number of nitrogens with zero attached hydrogens (tertiary/aromatic N) is 1. The van der Waals surface area contributed by atoms with Crippen molar-refractivity contribution in [3.8, 4) is 11.5 Å². The van der Waals surface area contributed by atoms with Crippen LogP contribution in [0.1, 0.15) is 24.8 Å². The molecule has 2 heterocycles. The van der Waals surface area contributed by atoms with Gasteiger partial charge in [0.15, 0.2) is 11.5 Å². The summed E-state index contributed by atoms with van der Waals surface area (Å²) >= 11 is 0. The third kappa shape index (κ3) is 4.54. The summed E-state index contributed by atoms with van der Waals surface area (Å²) in [4.78, 5) is 12.7. The van der Waals surface area contributed by atoms with Gasteiger partial charge in [0.1, 0.15) is 13.2 Å². The molecule has 2 aliphatic heterocycles. The highest BCUT2D eigenvalue weighted by Gasteiger charge is 2.26. The van der Waals surface area contributed by atoms with Gasteiger partial charge in [-0.15, -0.1) is 0 Å². The van der Waals surface area contributed by atoms with Gasteiger partial charge >= 0.3 is 0 Å². The van der Waals surface area contributed by atoms with Crippen LogP contribution in [-0.2, 0) is 21.2 Å². The highest BCUT2D eigenvalue weighted by Crippen LogP contribution is 2.31. The van der Waals surface area contributed by atoms with Crippen LogP contribution < -0.4 is 14.8 Å². The molecule has 1 saturated heterocycles. The van der Waals surface area contributed by atoms with E-state index < -0.39 is 10.0 Å². The van der Waals surface area contributed by atoms with E-state index in [1.54, 1.807) is 30.3 Å². The lowest BCUT2D eigenvalue weighted by Crippen LogP contribution is -2.35. The minimum atomic E-state index is -3.54. The second-order valence-corrected chi connectivity index (χ2v) is 9.13. The molecule has 0 aromatic heterocycles. The standard InChI is InChI=1S/C21H24N2O5S/c24-21(14-16-7-8-19-20(13-16)28-12-11-27-19)22-17-5-4-6-18(15-17)29(25,26)23-9-2-1-3-10-23/h4-8,13,15H,1-3,9-12,14H2,(H,22,24). The van der Waals surface area contributed by atoms with Gasteiger partial charge in [-0.25, -0.2) is 8.42 Å². The maximum atomic E-state index is 12.8. The van der Waals surface area contributed by atoms with Crippen molar-refractivity contribution in [1.82, 2.24) is 4.31 Å². The van der Waals surface area contributed by atoms with Crippen molar-refractivity contribution in [2.24, 2.45) is 0 Å². The summed E-state index contributed by atoms with van der Waals surface area (Å²) in [5, 5.41) is 2.79. The third-order valence-corrected chi connectivity index (χ3v) is 6.94. The van der Waals surface area contributed by atoms with Gasteiger partial charge in [-0.3, -0.25) is 4.79 Å². The van der Waals surface area contributed by atoms with Crippen LogP contribution in [0.4, 0.5) is 5.69 Å². The molecule has 0 radical (unpaired) electrons. The van der Waals surface area contributed by atoms with Crippen molar-refractivity contribution < 1.29 is 22.7 Å². The Morgan fingerprint density at radius 1 is 0.966 bits per heavy atom. The van der Waals surface area contributed by atoms with E-state index in [0.717, 1.165) is 24.8 Å². The number of hydrogen-bond donors (Lipinski definition) is 1. The maximum absolute atomic E-state index is 12.8. The monoisotopic (exact) mass is 416 g/mol. The molecule has 4 rings (SSSR count). The molecule has 8 heteroatoms. The number of nitrogens with one attached hydrogen (secondary N) is 1. The Kier molecular flexibility index (Phi) is 5.73. The van der Waals surface area contributed by atoms with Gasteiger partial charge in [0.2, 0.25) is 15.9 Å². The topological polar surface area (TPSA) is 84.9 Å². The number of rotatable bonds is 5. The number of sulfonamides is 1. The van der Waals surface area contributed by atoms with Crippen LogP contribution in [0.3, 0.4) is 0 Å². The van der Waals surface area contributed by atoms with Crippen LogP contribution in [-0.4, -0.2) is 44.9 Å². The van der Waals surface area contributed by atoms with E-state index in [1.165, 1.54) is 10.4 Å². The largest absolute Gasteiger partial charge is 0.486 e. The number of anilines is 1. The molecular weight excluding hydrogens is 392 g/mol. The lowest BCUT2D eigenvalue weighted by molar-refractivity contribution is -0.115. The van der Waals surface area contributed by atoms with Gasteiger partial charge in [0, 0.05) is 18.8 Å². The average molecular weight is 416 g/mol. The molecule has 2 aliphatic rings. The van der Waals surface area contributed by atoms with Crippen LogP contribution >= 0.6 is 0 Å². The zero-order valence-electron chi connectivity index (χ0n) is 16.1. The fraction of sp³-hybridized carbons (Fsp3) is 0.381. The lowest BCUT2D eigenvalue weighted by Gasteiger charge is -2.26. The number of carbonyl (C=O) groups is 1. The first-order chi connectivity index (χ1) is 14.0. The molecule has 1 fully saturated rings. The summed E-state index contributed by atoms with van der Waals surface area (Å²) in [5.74, 6) is 1.08. The molecule has 0 atom stereocenters. The fourth-order valence-electron chi connectivity index (χ4n) is 3.58. The zero-order chi connectivity index (χ0) is 20.3. The van der Waals surface area contributed by atoms with E-state index in [1.807, 2.05) is 6.07 Å². The fourth-order valence-corrected chi connectivity index (χ4v) is 5.14. The SMILES string of the molecule is O=C(Cc1ccc2c(c1)OCCO2)Nc1cccc(S(=O)(=O)N2CCCCC2)c1. The lowest BCUT2D eigenvalue weighted by atomic mass is 10.1. The number of benzene rings is 2. The summed E-state index contributed by atoms with van der Waals surface area (Å²) in [6.45, 7) is 2.09. The molecule has 0 spiro atoms. The predicted molar refractivity (Wildman–Crippen MR) is 109 cm³/mol. The Morgan fingerprint density at radius 3 is 2.52 bits per heavy atom. The molecule has 1 N–H and O–H groups in total. The molecule has 29 heavy (non-hydrogen) atoms. The van der Waals surface area contributed by atoms with Gasteiger partial charge in [-0.1, -0.05) is 18.6 Å². The molecule has 7 nitrogen and oxygen atoms in total. The van der Waals surface area contributed by atoms with Gasteiger partial charge in [0.05, 0.1) is 11.3 Å². The highest BCUT2D eigenvalue weighted by molar-refractivity contribution is 7.89. The minimum Gasteiger partial charge on any atom is -0.486 e. The third-order valence-electron chi connectivity index (χ3n) is 5.04. The molecule has 154 valence electrons. The number of piperidine rings is 1. The van der Waals surface area contributed by atoms with E-state index in [9.17, 15) is 13.2 Å². The summed E-state index contributed by atoms with van der Waals surface area (Å²) in [5.41, 5.74) is 1.26. The second kappa shape index (κ2) is 8.42. The van der Waals surface area contributed by atoms with Crippen molar-refractivity contribution in [2.75, 3.05) is 31.6 Å². The average Bonchev–Trinajstić information content (AvgIpc) is 2.74. The first-order valence-corrected chi connectivity index (χ1v) is 11.2. The zero-order valence-corrected chi connectivity index (χ0v) is 16.9. The van der Waals surface area contributed by atoms with Crippen LogP contribution in [0, 0.1) is 0 Å². The Morgan fingerprint density at radius 2 is 1.72 bits per heavy atom. The van der Waals surface area contributed by atoms with Gasteiger partial charge in [-0.2, -0.15) is 4.31 Å². The smallest absolute Gasteiger partial charge is 0.243 e. The van der Waals surface area contributed by atoms with Gasteiger partial charge < -0.3 is 14.8 Å². The number of amides is 1. The minimum absolute atomic E-state index is 0.153. The summed E-state index contributed by atoms with van der Waals surface area (Å²) < 4.78 is 38.2. The molecule has 0 aliphatic carbocycles. The molecule has 2 aromatic carbocycles. The highest BCUT2D eigenvalue weighted by atomic mass is 32.2. The Balaban J connectivity index is 1.44. The summed E-state index contributed by atoms with van der Waals surface area (Å²) in [6, 6.07) is 11.8. The van der Waals surface area contributed by atoms with E-state index >= 15 is 0 Å². The summed E-state index contributed by atoms with van der Waals surface area (Å²) in [6.07, 6.45) is 2.97. The van der Waals surface area contributed by atoms with Crippen LogP contribution in [0.25, 0.3) is 0 Å². The van der Waals surface area contributed by atoms with Crippen LogP contribution in [0.5, 0.6) is 11.5 Å². The Hall–Kier alpha value is -2.58. The number of hydrogen-bond acceptors (Lipinski definition) is 5. The molecule has 0 unspecified atom stereocenters. The molecule has 2 aromatic rings. The normalized spacial score (nSPS) is 17.0. The summed E-state index contributed by atoms with van der Waals surface area (Å²) in [7, 11) is -3.54. The van der Waals surface area contributed by atoms with Crippen molar-refractivity contribution >= 4 is 21.6 Å². The molecule has 1 amide bonds. The van der Waals surface area contributed by atoms with Crippen molar-refractivity contribution in [1.29, 1.82) is 0 Å². The maximum Gasteiger partial charge on any atom is 0.243 e. The van der Waals surface area contributed by atoms with Gasteiger partial charge in [-0.05, 0) is 48.7 Å². The van der Waals surface area contributed by atoms with E-state index in [4.69, 9.17) is 9.47 Å². The molecule has 0 bridgehead atoms. The number of carbonyl (C=O) groups excluding carboxylic acids is 1. The molecule has 0 saturated carbocycles. The quantitative estimate of drug-likeness (QED) is 0.810. The van der Waals surface area contributed by atoms with Crippen molar-refractivity contribution in [3.63, 3.8) is 0 Å². The predicted octanol–water partition coefficient (Wildman–Crippen LogP) is 2.81. The van der Waals surface area contributed by atoms with E-state index in [-0.39, 0.29) is 17.2 Å². The second-order valence-electron chi connectivity index (χ2n) is 7.20. The first kappa shape index (κ1) is 19.7. The van der Waals surface area contributed by atoms with E-state index in [2.05, 4.69) is 5.32 Å². The van der Waals surface area contributed by atoms with Crippen molar-refractivity contribution in [3.05, 3.63) is 48.0 Å². The number of fused-ring (bicyclic) bond motifs is 1. The Labute approximate surface area is 170 Å². The Bertz CT molecular complexity index is 1000. The van der Waals surface area contributed by atoms with Crippen LogP contribution in [0.15, 0.2) is 47.4 Å². The molecular formula is C21H24N2O5S. The van der Waals surface area contributed by atoms with E-state index in [0.29, 0.717) is 43.5 Å². The number of ether oxygens (including phenoxy) is 2.